The molecule has 0 fully saturated rings. The molecule has 0 unspecified atom stereocenters. The molecular formula is C11H18N6O2S. The van der Waals surface area contributed by atoms with Crippen LogP contribution < -0.4 is 10.6 Å². The first-order chi connectivity index (χ1) is 9.49. The molecule has 0 aromatic carbocycles. The second kappa shape index (κ2) is 6.04. The summed E-state index contributed by atoms with van der Waals surface area (Å²) in [6.07, 6.45) is 3.31. The molecule has 9 heteroatoms. The molecule has 0 atom stereocenters. The van der Waals surface area contributed by atoms with E-state index in [4.69, 9.17) is 0 Å². The molecule has 0 aliphatic carbocycles. The van der Waals surface area contributed by atoms with Gasteiger partial charge in [0.1, 0.15) is 15.4 Å². The van der Waals surface area contributed by atoms with E-state index in [2.05, 4.69) is 30.6 Å². The first-order valence-electron chi connectivity index (χ1n) is 6.36. The third-order valence-corrected chi connectivity index (χ3v) is 3.64. The maximum absolute atomic E-state index is 11.1. The van der Waals surface area contributed by atoms with Crippen molar-refractivity contribution in [3.63, 3.8) is 0 Å². The summed E-state index contributed by atoms with van der Waals surface area (Å²) in [5.74, 6) is 1.27. The van der Waals surface area contributed by atoms with E-state index in [1.807, 2.05) is 6.92 Å². The zero-order chi connectivity index (χ0) is 14.6. The first-order valence-corrected chi connectivity index (χ1v) is 8.42. The van der Waals surface area contributed by atoms with Gasteiger partial charge in [0.2, 0.25) is 5.95 Å². The van der Waals surface area contributed by atoms with E-state index in [9.17, 15) is 8.42 Å². The van der Waals surface area contributed by atoms with Crippen molar-refractivity contribution in [2.75, 3.05) is 35.7 Å². The first kappa shape index (κ1) is 14.5. The predicted molar refractivity (Wildman–Crippen MR) is 78.7 cm³/mol. The number of aromatic amines is 1. The van der Waals surface area contributed by atoms with Crippen molar-refractivity contribution in [2.24, 2.45) is 0 Å². The van der Waals surface area contributed by atoms with Crippen molar-refractivity contribution < 1.29 is 8.42 Å². The second-order valence-corrected chi connectivity index (χ2v) is 6.70. The molecule has 0 spiro atoms. The van der Waals surface area contributed by atoms with E-state index in [-0.39, 0.29) is 5.75 Å². The van der Waals surface area contributed by atoms with Gasteiger partial charge in [-0.3, -0.25) is 0 Å². The summed E-state index contributed by atoms with van der Waals surface area (Å²) in [5, 5.41) is 6.15. The number of hydrogen-bond acceptors (Lipinski definition) is 7. The highest BCUT2D eigenvalue weighted by Crippen LogP contribution is 2.18. The van der Waals surface area contributed by atoms with Gasteiger partial charge in [0.15, 0.2) is 11.5 Å². The molecule has 2 aromatic rings. The molecule has 8 nitrogen and oxygen atoms in total. The van der Waals surface area contributed by atoms with Crippen molar-refractivity contribution in [1.82, 2.24) is 19.9 Å². The predicted octanol–water partition coefficient (Wildman–Crippen LogP) is 0.631. The van der Waals surface area contributed by atoms with Gasteiger partial charge in [-0.25, -0.2) is 13.4 Å². The van der Waals surface area contributed by atoms with Crippen LogP contribution in [-0.2, 0) is 9.84 Å². The summed E-state index contributed by atoms with van der Waals surface area (Å²) in [7, 11) is -2.93. The van der Waals surface area contributed by atoms with Crippen molar-refractivity contribution >= 4 is 32.8 Å². The summed E-state index contributed by atoms with van der Waals surface area (Å²) >= 11 is 0. The third kappa shape index (κ3) is 3.80. The van der Waals surface area contributed by atoms with Gasteiger partial charge in [0.25, 0.3) is 0 Å². The van der Waals surface area contributed by atoms with Crippen LogP contribution in [0.25, 0.3) is 11.2 Å². The average molecular weight is 298 g/mol. The molecule has 2 aromatic heterocycles. The molecule has 2 rings (SSSR count). The van der Waals surface area contributed by atoms with Crippen LogP contribution >= 0.6 is 0 Å². The zero-order valence-electron chi connectivity index (χ0n) is 11.5. The Morgan fingerprint density at radius 3 is 2.80 bits per heavy atom. The Morgan fingerprint density at radius 2 is 2.10 bits per heavy atom. The Kier molecular flexibility index (Phi) is 4.38. The number of hydrogen-bond donors (Lipinski definition) is 3. The highest BCUT2D eigenvalue weighted by molar-refractivity contribution is 7.90. The van der Waals surface area contributed by atoms with Crippen LogP contribution in [-0.4, -0.2) is 53.5 Å². The number of aromatic nitrogens is 4. The van der Waals surface area contributed by atoms with Gasteiger partial charge < -0.3 is 15.6 Å². The lowest BCUT2D eigenvalue weighted by atomic mass is 10.4. The molecular weight excluding hydrogens is 280 g/mol. The summed E-state index contributed by atoms with van der Waals surface area (Å²) in [6.45, 7) is 3.19. The van der Waals surface area contributed by atoms with Crippen molar-refractivity contribution in [3.05, 3.63) is 6.33 Å². The number of imidazole rings is 1. The fraction of sp³-hybridized carbons (Fsp3) is 0.545. The average Bonchev–Trinajstić information content (AvgIpc) is 2.82. The van der Waals surface area contributed by atoms with Crippen LogP contribution in [0.5, 0.6) is 0 Å². The minimum absolute atomic E-state index is 0.150. The quantitative estimate of drug-likeness (QED) is 0.643. The zero-order valence-corrected chi connectivity index (χ0v) is 12.3. The Balaban J connectivity index is 2.09. The minimum atomic E-state index is -2.93. The van der Waals surface area contributed by atoms with Crippen LogP contribution in [0.2, 0.25) is 0 Å². The fourth-order valence-electron chi connectivity index (χ4n) is 1.74. The molecule has 0 saturated carbocycles. The molecule has 0 radical (unpaired) electrons. The monoisotopic (exact) mass is 298 g/mol. The number of anilines is 2. The maximum Gasteiger partial charge on any atom is 0.226 e. The highest BCUT2D eigenvalue weighted by Gasteiger charge is 2.09. The molecule has 0 aliphatic heterocycles. The van der Waals surface area contributed by atoms with Gasteiger partial charge in [-0.05, 0) is 13.3 Å². The fourth-order valence-corrected chi connectivity index (χ4v) is 2.41. The van der Waals surface area contributed by atoms with Gasteiger partial charge in [-0.15, -0.1) is 0 Å². The molecule has 0 amide bonds. The lowest BCUT2D eigenvalue weighted by Crippen LogP contribution is -2.12. The van der Waals surface area contributed by atoms with E-state index < -0.39 is 9.84 Å². The molecule has 0 bridgehead atoms. The Hall–Kier alpha value is -1.90. The van der Waals surface area contributed by atoms with E-state index >= 15 is 0 Å². The van der Waals surface area contributed by atoms with Crippen LogP contribution in [0.4, 0.5) is 11.8 Å². The molecule has 20 heavy (non-hydrogen) atoms. The van der Waals surface area contributed by atoms with Gasteiger partial charge in [-0.1, -0.05) is 0 Å². The van der Waals surface area contributed by atoms with E-state index in [1.54, 1.807) is 6.33 Å². The van der Waals surface area contributed by atoms with Gasteiger partial charge in [0.05, 0.1) is 12.1 Å². The molecule has 2 heterocycles. The standard InChI is InChI=1S/C11H18N6O2S/c1-3-12-11-16-9(8-10(17-11)15-7-14-8)13-5-4-6-20(2,18)19/h7H,3-6H2,1-2H3,(H3,12,13,14,15,16,17). The summed E-state index contributed by atoms with van der Waals surface area (Å²) in [4.78, 5) is 15.7. The van der Waals surface area contributed by atoms with E-state index in [1.165, 1.54) is 6.26 Å². The summed E-state index contributed by atoms with van der Waals surface area (Å²) in [6, 6.07) is 0. The van der Waals surface area contributed by atoms with Gasteiger partial charge in [-0.2, -0.15) is 9.97 Å². The lowest BCUT2D eigenvalue weighted by molar-refractivity contribution is 0.600. The number of H-pyrrole nitrogens is 1. The van der Waals surface area contributed by atoms with Gasteiger partial charge >= 0.3 is 0 Å². The largest absolute Gasteiger partial charge is 0.368 e. The van der Waals surface area contributed by atoms with Crippen molar-refractivity contribution in [1.29, 1.82) is 0 Å². The maximum atomic E-state index is 11.1. The Labute approximate surface area is 117 Å². The topological polar surface area (TPSA) is 113 Å². The second-order valence-electron chi connectivity index (χ2n) is 4.44. The number of sulfone groups is 1. The van der Waals surface area contributed by atoms with Crippen molar-refractivity contribution in [3.8, 4) is 0 Å². The summed E-state index contributed by atoms with van der Waals surface area (Å²) < 4.78 is 22.1. The normalized spacial score (nSPS) is 11.7. The van der Waals surface area contributed by atoms with Crippen LogP contribution in [0.15, 0.2) is 6.33 Å². The number of rotatable bonds is 7. The Morgan fingerprint density at radius 1 is 1.30 bits per heavy atom. The molecule has 3 N–H and O–H groups in total. The molecule has 0 aliphatic rings. The molecule has 0 saturated heterocycles. The number of nitrogens with one attached hydrogen (secondary N) is 3. The van der Waals surface area contributed by atoms with Gasteiger partial charge in [0, 0.05) is 19.3 Å². The lowest BCUT2D eigenvalue weighted by Gasteiger charge is -2.08. The van der Waals surface area contributed by atoms with Crippen LogP contribution in [0.3, 0.4) is 0 Å². The number of nitrogens with zero attached hydrogens (tertiary/aromatic N) is 3. The SMILES string of the molecule is CCNc1nc(NCCCS(C)(=O)=O)c2[nH]cnc2n1. The van der Waals surface area contributed by atoms with Crippen molar-refractivity contribution in [2.45, 2.75) is 13.3 Å². The summed E-state index contributed by atoms with van der Waals surface area (Å²) in [5.41, 5.74) is 1.28. The van der Waals surface area contributed by atoms with E-state index in [0.29, 0.717) is 42.4 Å². The number of fused-ring (bicyclic) bond motifs is 1. The van der Waals surface area contributed by atoms with Crippen LogP contribution in [0, 0.1) is 0 Å². The third-order valence-electron chi connectivity index (χ3n) is 2.60. The van der Waals surface area contributed by atoms with E-state index in [0.717, 1.165) is 0 Å². The molecule has 110 valence electrons. The minimum Gasteiger partial charge on any atom is -0.368 e. The smallest absolute Gasteiger partial charge is 0.226 e. The van der Waals surface area contributed by atoms with Crippen LogP contribution in [0.1, 0.15) is 13.3 Å². The Bertz CT molecular complexity index is 681. The highest BCUT2D eigenvalue weighted by atomic mass is 32.2.